The number of halogens is 5. The molecule has 0 radical (unpaired) electrons. The van der Waals surface area contributed by atoms with Crippen LogP contribution in [0.3, 0.4) is 0 Å². The van der Waals surface area contributed by atoms with E-state index in [1.165, 1.54) is 24.4 Å². The molecule has 1 aromatic heterocycles. The number of aryl methyl sites for hydroxylation is 3. The van der Waals surface area contributed by atoms with E-state index in [1.807, 2.05) is 0 Å². The monoisotopic (exact) mass is 407 g/mol. The van der Waals surface area contributed by atoms with Crippen molar-refractivity contribution in [3.63, 3.8) is 0 Å². The van der Waals surface area contributed by atoms with Gasteiger partial charge in [0.1, 0.15) is 11.6 Å². The molecule has 0 aliphatic carbocycles. The second kappa shape index (κ2) is 6.96. The fraction of sp³-hybridized carbons (Fsp3) is 0.312. The van der Waals surface area contributed by atoms with Gasteiger partial charge in [0.15, 0.2) is 0 Å². The molecule has 0 amide bonds. The zero-order valence-corrected chi connectivity index (χ0v) is 14.5. The Morgan fingerprint density at radius 3 is 2.29 bits per heavy atom. The molecule has 0 spiro atoms. The second-order valence-electron chi connectivity index (χ2n) is 5.33. The summed E-state index contributed by atoms with van der Waals surface area (Å²) >= 11 is 3.16. The lowest BCUT2D eigenvalue weighted by Gasteiger charge is -2.15. The van der Waals surface area contributed by atoms with E-state index in [2.05, 4.69) is 15.9 Å². The first-order valence-electron chi connectivity index (χ1n) is 6.99. The minimum atomic E-state index is -4.36. The van der Waals surface area contributed by atoms with Gasteiger partial charge in [0.25, 0.3) is 5.56 Å². The highest BCUT2D eigenvalue weighted by molar-refractivity contribution is 9.10. The summed E-state index contributed by atoms with van der Waals surface area (Å²) in [5.41, 5.74) is 0.255. The van der Waals surface area contributed by atoms with E-state index in [0.29, 0.717) is 21.3 Å². The van der Waals surface area contributed by atoms with Gasteiger partial charge in [-0.25, -0.2) is 4.39 Å². The molecular weight excluding hydrogens is 394 g/mol. The topological polar surface area (TPSA) is 31.2 Å². The van der Waals surface area contributed by atoms with Gasteiger partial charge in [-0.3, -0.25) is 4.79 Å². The van der Waals surface area contributed by atoms with Gasteiger partial charge in [-0.05, 0) is 59.1 Å². The van der Waals surface area contributed by atoms with Gasteiger partial charge in [-0.1, -0.05) is 0 Å². The molecular formula is C16H14BrF4NO2. The molecule has 0 aliphatic heterocycles. The summed E-state index contributed by atoms with van der Waals surface area (Å²) in [6.07, 6.45) is -4.23. The molecule has 2 rings (SSSR count). The Kier molecular flexibility index (Phi) is 5.37. The summed E-state index contributed by atoms with van der Waals surface area (Å²) in [6, 6.07) is 3.93. The van der Waals surface area contributed by atoms with Crippen LogP contribution in [-0.2, 0) is 6.54 Å². The first-order valence-corrected chi connectivity index (χ1v) is 7.78. The molecule has 0 aliphatic rings. The van der Waals surface area contributed by atoms with Gasteiger partial charge in [-0.15, -0.1) is 0 Å². The number of alkyl halides is 3. The minimum Gasteiger partial charge on any atom is -0.450 e. The fourth-order valence-corrected chi connectivity index (χ4v) is 2.58. The average molecular weight is 408 g/mol. The number of nitrogens with zero attached hydrogens (tertiary/aromatic N) is 1. The quantitative estimate of drug-likeness (QED) is 0.659. The van der Waals surface area contributed by atoms with Crippen LogP contribution in [0, 0.1) is 19.7 Å². The Labute approximate surface area is 144 Å². The molecule has 0 bridgehead atoms. The molecule has 1 aromatic carbocycles. The predicted octanol–water partition coefficient (Wildman–Crippen LogP) is 5.11. The van der Waals surface area contributed by atoms with Crippen LogP contribution >= 0.6 is 15.9 Å². The third-order valence-corrected chi connectivity index (χ3v) is 3.96. The van der Waals surface area contributed by atoms with E-state index in [4.69, 9.17) is 4.74 Å². The molecule has 0 saturated carbocycles. The number of hydrogen-bond donors (Lipinski definition) is 0. The zero-order valence-electron chi connectivity index (χ0n) is 12.9. The molecule has 1 heterocycles. The molecule has 2 aromatic rings. The number of rotatable bonds is 4. The predicted molar refractivity (Wildman–Crippen MR) is 85.0 cm³/mol. The average Bonchev–Trinajstić information content (AvgIpc) is 2.43. The van der Waals surface area contributed by atoms with Crippen molar-refractivity contribution in [2.45, 2.75) is 33.0 Å². The van der Waals surface area contributed by atoms with Crippen LogP contribution in [0.2, 0.25) is 0 Å². The Balaban J connectivity index is 2.39. The summed E-state index contributed by atoms with van der Waals surface area (Å²) in [5, 5.41) is 0. The van der Waals surface area contributed by atoms with Gasteiger partial charge >= 0.3 is 6.18 Å². The Bertz CT molecular complexity index is 792. The normalized spacial score (nSPS) is 11.6. The summed E-state index contributed by atoms with van der Waals surface area (Å²) in [5.74, 6) is -0.285. The van der Waals surface area contributed by atoms with Crippen molar-refractivity contribution < 1.29 is 22.3 Å². The van der Waals surface area contributed by atoms with Crippen LogP contribution in [0.15, 0.2) is 33.7 Å². The van der Waals surface area contributed by atoms with E-state index in [1.54, 1.807) is 13.8 Å². The number of hydrogen-bond acceptors (Lipinski definition) is 2. The molecule has 24 heavy (non-hydrogen) atoms. The highest BCUT2D eigenvalue weighted by Gasteiger charge is 2.27. The van der Waals surface area contributed by atoms with Crippen LogP contribution in [0.1, 0.15) is 17.5 Å². The number of ether oxygens (including phenoxy) is 1. The van der Waals surface area contributed by atoms with Crippen LogP contribution in [0.25, 0.3) is 0 Å². The maximum absolute atomic E-state index is 13.3. The van der Waals surface area contributed by atoms with Gasteiger partial charge in [0.05, 0.1) is 10.9 Å². The molecule has 3 nitrogen and oxygen atoms in total. The van der Waals surface area contributed by atoms with Crippen molar-refractivity contribution >= 4 is 15.9 Å². The first kappa shape index (κ1) is 18.5. The van der Waals surface area contributed by atoms with E-state index in [-0.39, 0.29) is 5.75 Å². The Morgan fingerprint density at radius 1 is 1.17 bits per heavy atom. The Morgan fingerprint density at radius 2 is 1.75 bits per heavy atom. The van der Waals surface area contributed by atoms with E-state index < -0.39 is 30.5 Å². The van der Waals surface area contributed by atoms with Crippen LogP contribution < -0.4 is 10.3 Å². The molecule has 0 atom stereocenters. The Hall–Kier alpha value is -1.83. The lowest BCUT2D eigenvalue weighted by atomic mass is 10.1. The minimum absolute atomic E-state index is 0.141. The van der Waals surface area contributed by atoms with Gasteiger partial charge < -0.3 is 9.30 Å². The molecule has 0 N–H and O–H groups in total. The molecule has 0 fully saturated rings. The summed E-state index contributed by atoms with van der Waals surface area (Å²) in [6.45, 7) is 2.72. The SMILES string of the molecule is Cc1cc(F)cc(C)c1Oc1c(Br)ccn(CCC(F)(F)F)c1=O. The maximum Gasteiger partial charge on any atom is 0.390 e. The highest BCUT2D eigenvalue weighted by Crippen LogP contribution is 2.31. The van der Waals surface area contributed by atoms with Crippen molar-refractivity contribution in [2.75, 3.05) is 0 Å². The van der Waals surface area contributed by atoms with Crippen LogP contribution in [0.5, 0.6) is 11.5 Å². The van der Waals surface area contributed by atoms with Crippen molar-refractivity contribution in [3.8, 4) is 11.5 Å². The van der Waals surface area contributed by atoms with E-state index in [9.17, 15) is 22.4 Å². The van der Waals surface area contributed by atoms with E-state index >= 15 is 0 Å². The van der Waals surface area contributed by atoms with Crippen molar-refractivity contribution in [2.24, 2.45) is 0 Å². The number of aromatic nitrogens is 1. The summed E-state index contributed by atoms with van der Waals surface area (Å²) < 4.78 is 57.2. The lowest BCUT2D eigenvalue weighted by molar-refractivity contribution is -0.136. The van der Waals surface area contributed by atoms with Crippen molar-refractivity contribution in [1.29, 1.82) is 0 Å². The van der Waals surface area contributed by atoms with Gasteiger partial charge in [0, 0.05) is 12.7 Å². The third-order valence-electron chi connectivity index (χ3n) is 3.34. The van der Waals surface area contributed by atoms with Crippen molar-refractivity contribution in [1.82, 2.24) is 4.57 Å². The zero-order chi connectivity index (χ0) is 18.1. The molecule has 0 unspecified atom stereocenters. The first-order chi connectivity index (χ1) is 11.1. The molecule has 0 saturated heterocycles. The standard InChI is InChI=1S/C16H14BrF4NO2/c1-9-7-11(18)8-10(2)13(9)24-14-12(17)3-5-22(15(14)23)6-4-16(19,20)21/h3,5,7-8H,4,6H2,1-2H3. The van der Waals surface area contributed by atoms with Crippen LogP contribution in [-0.4, -0.2) is 10.7 Å². The fourth-order valence-electron chi connectivity index (χ4n) is 2.21. The van der Waals surface area contributed by atoms with E-state index in [0.717, 1.165) is 4.57 Å². The summed E-state index contributed by atoms with van der Waals surface area (Å²) in [7, 11) is 0. The molecule has 8 heteroatoms. The summed E-state index contributed by atoms with van der Waals surface area (Å²) in [4.78, 5) is 12.4. The third kappa shape index (κ3) is 4.37. The maximum atomic E-state index is 13.3. The van der Waals surface area contributed by atoms with Gasteiger partial charge in [-0.2, -0.15) is 13.2 Å². The van der Waals surface area contributed by atoms with Gasteiger partial charge in [0.2, 0.25) is 5.75 Å². The molecule has 130 valence electrons. The number of benzene rings is 1. The van der Waals surface area contributed by atoms with Crippen molar-refractivity contribution in [3.05, 3.63) is 56.2 Å². The smallest absolute Gasteiger partial charge is 0.390 e. The van der Waals surface area contributed by atoms with Crippen LogP contribution in [0.4, 0.5) is 17.6 Å². The lowest BCUT2D eigenvalue weighted by Crippen LogP contribution is -2.24. The second-order valence-corrected chi connectivity index (χ2v) is 6.18. The highest BCUT2D eigenvalue weighted by atomic mass is 79.9. The number of pyridine rings is 1. The largest absolute Gasteiger partial charge is 0.450 e.